The Morgan fingerprint density at radius 3 is 2.50 bits per heavy atom. The van der Waals surface area contributed by atoms with Gasteiger partial charge in [0.25, 0.3) is 5.91 Å². The van der Waals surface area contributed by atoms with Crippen LogP contribution in [0.25, 0.3) is 11.3 Å². The highest BCUT2D eigenvalue weighted by atomic mass is 35.5. The minimum Gasteiger partial charge on any atom is -0.465 e. The van der Waals surface area contributed by atoms with E-state index in [0.717, 1.165) is 0 Å². The Kier molecular flexibility index (Phi) is 10.4. The second-order valence-corrected chi connectivity index (χ2v) is 10.1. The van der Waals surface area contributed by atoms with Crippen molar-refractivity contribution >= 4 is 40.8 Å². The summed E-state index contributed by atoms with van der Waals surface area (Å²) in [4.78, 5) is 37.8. The molecular weight excluding hydrogens is 590 g/mol. The molecule has 9 nitrogen and oxygen atoms in total. The molecule has 0 aliphatic carbocycles. The molecule has 5 rings (SSSR count). The van der Waals surface area contributed by atoms with Crippen LogP contribution >= 0.6 is 11.6 Å². The number of anilines is 2. The normalized spacial score (nSPS) is 12.4. The average Bonchev–Trinajstić information content (AvgIpc) is 3.14. The van der Waals surface area contributed by atoms with Gasteiger partial charge in [0.1, 0.15) is 17.7 Å². The predicted octanol–water partition coefficient (Wildman–Crippen LogP) is 5.82. The maximum absolute atomic E-state index is 14.8. The van der Waals surface area contributed by atoms with Crippen molar-refractivity contribution in [2.24, 2.45) is 10.7 Å². The Hall–Kier alpha value is -4.74. The summed E-state index contributed by atoms with van der Waals surface area (Å²) in [5, 5.41) is 6.23. The Bertz CT molecular complexity index is 1690. The van der Waals surface area contributed by atoms with E-state index in [9.17, 15) is 18.4 Å². The van der Waals surface area contributed by atoms with Crippen molar-refractivity contribution < 1.29 is 23.1 Å². The molecule has 0 spiro atoms. The summed E-state index contributed by atoms with van der Waals surface area (Å²) in [6.07, 6.45) is 1.85. The lowest BCUT2D eigenvalue weighted by Crippen LogP contribution is -2.36. The number of benzene rings is 3. The number of hydrogen-bond donors (Lipinski definition) is 3. The fraction of sp³-hybridized carbons (Fsp3) is 0.219. The van der Waals surface area contributed by atoms with Crippen LogP contribution in [0.4, 0.5) is 20.4 Å². The maximum Gasteiger partial charge on any atom is 0.322 e. The Morgan fingerprint density at radius 2 is 1.80 bits per heavy atom. The van der Waals surface area contributed by atoms with Gasteiger partial charge in [-0.1, -0.05) is 31.2 Å². The molecule has 0 radical (unpaired) electrons. The third-order valence-electron chi connectivity index (χ3n) is 6.70. The molecule has 0 saturated heterocycles. The van der Waals surface area contributed by atoms with E-state index in [2.05, 4.69) is 20.6 Å². The highest BCUT2D eigenvalue weighted by Gasteiger charge is 2.25. The molecule has 4 N–H and O–H groups in total. The first kappa shape index (κ1) is 32.2. The van der Waals surface area contributed by atoms with E-state index >= 15 is 0 Å². The third kappa shape index (κ3) is 7.07. The zero-order chi connectivity index (χ0) is 30.5. The van der Waals surface area contributed by atoms with Gasteiger partial charge in [-0.05, 0) is 61.9 Å². The van der Waals surface area contributed by atoms with Crippen LogP contribution in [0.15, 0.2) is 71.9 Å². The fourth-order valence-electron chi connectivity index (χ4n) is 4.57. The second-order valence-electron chi connectivity index (χ2n) is 9.62. The molecule has 228 valence electrons. The summed E-state index contributed by atoms with van der Waals surface area (Å²) in [6, 6.07) is 14.5. The monoisotopic (exact) mass is 620 g/mol. The zero-order valence-electron chi connectivity index (χ0n) is 23.0. The summed E-state index contributed by atoms with van der Waals surface area (Å²) in [5.41, 5.74) is 8.93. The summed E-state index contributed by atoms with van der Waals surface area (Å²) in [5.74, 6) is -2.03. The zero-order valence-corrected chi connectivity index (χ0v) is 23.8. The van der Waals surface area contributed by atoms with E-state index in [4.69, 9.17) is 27.1 Å². The minimum absolute atomic E-state index is 0. The summed E-state index contributed by atoms with van der Waals surface area (Å²) < 4.78 is 34.4. The highest BCUT2D eigenvalue weighted by Crippen LogP contribution is 2.34. The van der Waals surface area contributed by atoms with Crippen molar-refractivity contribution in [2.75, 3.05) is 18.5 Å². The number of nitrogens with zero attached hydrogens (tertiary/aromatic N) is 3. The molecular formula is C32H31ClF2N6O3. The number of carbonyl (C=O) groups excluding carboxylic acids is 2. The standard InChI is InChI=1S/C31H27ClF2N6O3.CH4/c1-2-43-30(42)25(35)12-13-36-29(41)17-6-9-20(10-7-17)39-31-38-16-18-15-37-28(26-23(33)4-3-5-24(26)34)22-14-19(32)8-11-21(22)27(18)40-31;/h3-11,14,16,25H,2,12-13,15,35H2,1H3,(H,36,41)(H,38,39,40);1H4. The number of aromatic nitrogens is 2. The van der Waals surface area contributed by atoms with Crippen molar-refractivity contribution in [2.45, 2.75) is 33.4 Å². The van der Waals surface area contributed by atoms with E-state index < -0.39 is 23.6 Å². The Labute approximate surface area is 258 Å². The van der Waals surface area contributed by atoms with Crippen LogP contribution in [0.5, 0.6) is 0 Å². The second kappa shape index (κ2) is 14.2. The predicted molar refractivity (Wildman–Crippen MR) is 166 cm³/mol. The van der Waals surface area contributed by atoms with Gasteiger partial charge in [-0.15, -0.1) is 0 Å². The van der Waals surface area contributed by atoms with Crippen molar-refractivity contribution in [3.63, 3.8) is 0 Å². The van der Waals surface area contributed by atoms with Crippen LogP contribution in [0.2, 0.25) is 5.02 Å². The molecule has 3 aromatic carbocycles. The van der Waals surface area contributed by atoms with Crippen LogP contribution < -0.4 is 16.4 Å². The van der Waals surface area contributed by atoms with Crippen molar-refractivity contribution in [1.82, 2.24) is 15.3 Å². The van der Waals surface area contributed by atoms with Crippen LogP contribution in [0.3, 0.4) is 0 Å². The molecule has 1 aliphatic rings. The molecule has 4 aromatic rings. The van der Waals surface area contributed by atoms with Crippen LogP contribution in [-0.4, -0.2) is 46.7 Å². The lowest BCUT2D eigenvalue weighted by atomic mass is 9.95. The molecule has 2 heterocycles. The molecule has 12 heteroatoms. The number of aliphatic imine (C=N–C) groups is 1. The maximum atomic E-state index is 14.8. The SMILES string of the molecule is C.CCOC(=O)C(N)CCNC(=O)c1ccc(Nc2ncc3c(n2)-c2ccc(Cl)cc2C(c2c(F)cccc2F)=NC3)cc1. The largest absolute Gasteiger partial charge is 0.465 e. The van der Waals surface area contributed by atoms with Crippen LogP contribution in [0.1, 0.15) is 47.8 Å². The number of ether oxygens (including phenoxy) is 1. The number of fused-ring (bicyclic) bond motifs is 3. The Morgan fingerprint density at radius 1 is 1.07 bits per heavy atom. The number of amides is 1. The number of carbonyl (C=O) groups is 2. The number of halogens is 3. The van der Waals surface area contributed by atoms with Gasteiger partial charge in [-0.3, -0.25) is 14.6 Å². The first-order valence-electron chi connectivity index (χ1n) is 13.5. The first-order chi connectivity index (χ1) is 20.7. The molecule has 0 bridgehead atoms. The molecule has 1 aromatic heterocycles. The van der Waals surface area contributed by atoms with E-state index in [1.165, 1.54) is 18.2 Å². The fourth-order valence-corrected chi connectivity index (χ4v) is 4.74. The number of nitrogens with two attached hydrogens (primary N) is 1. The third-order valence-corrected chi connectivity index (χ3v) is 6.93. The smallest absolute Gasteiger partial charge is 0.322 e. The van der Waals surface area contributed by atoms with E-state index in [-0.39, 0.29) is 56.7 Å². The number of esters is 1. The van der Waals surface area contributed by atoms with Gasteiger partial charge in [0.05, 0.1) is 30.1 Å². The molecule has 1 amide bonds. The summed E-state index contributed by atoms with van der Waals surface area (Å²) >= 11 is 6.29. The lowest BCUT2D eigenvalue weighted by Gasteiger charge is -2.13. The quantitative estimate of drug-likeness (QED) is 0.201. The molecule has 1 atom stereocenters. The van der Waals surface area contributed by atoms with E-state index in [1.807, 2.05) is 0 Å². The summed E-state index contributed by atoms with van der Waals surface area (Å²) in [6.45, 7) is 2.25. The lowest BCUT2D eigenvalue weighted by molar-refractivity contribution is -0.144. The van der Waals surface area contributed by atoms with Crippen LogP contribution in [0, 0.1) is 11.6 Å². The molecule has 1 aliphatic heterocycles. The van der Waals surface area contributed by atoms with Crippen LogP contribution in [-0.2, 0) is 16.1 Å². The number of rotatable bonds is 9. The molecule has 0 saturated carbocycles. The van der Waals surface area contributed by atoms with Crippen molar-refractivity contribution in [3.8, 4) is 11.3 Å². The van der Waals surface area contributed by atoms with Gasteiger partial charge in [0.2, 0.25) is 5.95 Å². The topological polar surface area (TPSA) is 132 Å². The van der Waals surface area contributed by atoms with Gasteiger partial charge >= 0.3 is 5.97 Å². The Balaban J connectivity index is 0.00000442. The van der Waals surface area contributed by atoms with Gasteiger partial charge < -0.3 is 21.1 Å². The number of hydrogen-bond acceptors (Lipinski definition) is 8. The van der Waals surface area contributed by atoms with Crippen molar-refractivity contribution in [1.29, 1.82) is 0 Å². The average molecular weight is 621 g/mol. The molecule has 0 fully saturated rings. The molecule has 44 heavy (non-hydrogen) atoms. The summed E-state index contributed by atoms with van der Waals surface area (Å²) in [7, 11) is 0. The van der Waals surface area contributed by atoms with Gasteiger partial charge in [0.15, 0.2) is 0 Å². The molecule has 1 unspecified atom stereocenters. The first-order valence-corrected chi connectivity index (χ1v) is 13.9. The van der Waals surface area contributed by atoms with Gasteiger partial charge in [-0.2, -0.15) is 0 Å². The number of nitrogens with one attached hydrogen (secondary N) is 2. The van der Waals surface area contributed by atoms with E-state index in [0.29, 0.717) is 38.7 Å². The van der Waals surface area contributed by atoms with Gasteiger partial charge in [-0.25, -0.2) is 18.7 Å². The van der Waals surface area contributed by atoms with Crippen molar-refractivity contribution in [3.05, 3.63) is 106 Å². The van der Waals surface area contributed by atoms with E-state index in [1.54, 1.807) is 55.6 Å². The highest BCUT2D eigenvalue weighted by molar-refractivity contribution is 6.31. The van der Waals surface area contributed by atoms with Gasteiger partial charge in [0, 0.05) is 45.7 Å². The minimum atomic E-state index is -0.810.